The summed E-state index contributed by atoms with van der Waals surface area (Å²) in [4.78, 5) is 12.4. The van der Waals surface area contributed by atoms with E-state index in [1.165, 1.54) is 18.2 Å². The van der Waals surface area contributed by atoms with Crippen molar-refractivity contribution in [2.24, 2.45) is 12.8 Å². The zero-order chi connectivity index (χ0) is 15.7. The van der Waals surface area contributed by atoms with Gasteiger partial charge < -0.3 is 11.1 Å². The monoisotopic (exact) mass is 306 g/mol. The second-order valence-corrected chi connectivity index (χ2v) is 5.12. The molecule has 7 heteroatoms. The SMILES string of the molecule is Cc1nn(C)c(C)c1C(=O)Nc1ccc(F)cc1C(N)=S. The molecule has 1 heterocycles. The predicted octanol–water partition coefficient (Wildman–Crippen LogP) is 2.06. The van der Waals surface area contributed by atoms with E-state index in [4.69, 9.17) is 18.0 Å². The van der Waals surface area contributed by atoms with Crippen LogP contribution in [0, 0.1) is 19.7 Å². The molecule has 0 bridgehead atoms. The van der Waals surface area contributed by atoms with Gasteiger partial charge in [-0.3, -0.25) is 9.48 Å². The molecule has 0 aliphatic heterocycles. The molecule has 0 spiro atoms. The van der Waals surface area contributed by atoms with Crippen molar-refractivity contribution in [2.45, 2.75) is 13.8 Å². The maximum Gasteiger partial charge on any atom is 0.259 e. The Balaban J connectivity index is 2.38. The van der Waals surface area contributed by atoms with E-state index in [2.05, 4.69) is 10.4 Å². The third-order valence-electron chi connectivity index (χ3n) is 3.23. The molecule has 0 saturated heterocycles. The minimum atomic E-state index is -0.468. The first-order chi connectivity index (χ1) is 9.81. The van der Waals surface area contributed by atoms with Gasteiger partial charge >= 0.3 is 0 Å². The van der Waals surface area contributed by atoms with Gasteiger partial charge in [0.2, 0.25) is 0 Å². The molecule has 0 aliphatic rings. The highest BCUT2D eigenvalue weighted by molar-refractivity contribution is 7.80. The summed E-state index contributed by atoms with van der Waals surface area (Å²) in [6, 6.07) is 3.87. The predicted molar refractivity (Wildman–Crippen MR) is 82.9 cm³/mol. The molecule has 1 aromatic carbocycles. The van der Waals surface area contributed by atoms with Gasteiger partial charge in [-0.1, -0.05) is 12.2 Å². The fourth-order valence-corrected chi connectivity index (χ4v) is 2.29. The van der Waals surface area contributed by atoms with Gasteiger partial charge in [0.15, 0.2) is 0 Å². The van der Waals surface area contributed by atoms with Crippen molar-refractivity contribution in [3.05, 3.63) is 46.5 Å². The molecule has 0 aliphatic carbocycles. The molecule has 2 aromatic rings. The summed E-state index contributed by atoms with van der Waals surface area (Å²) in [7, 11) is 1.76. The second-order valence-electron chi connectivity index (χ2n) is 4.68. The molecule has 0 unspecified atom stereocenters. The van der Waals surface area contributed by atoms with Crippen LogP contribution in [0.3, 0.4) is 0 Å². The standard InChI is InChI=1S/C14H15FN4OS/c1-7-12(8(2)19(3)18-7)14(20)17-11-5-4-9(15)6-10(11)13(16)21/h4-6H,1-3H3,(H2,16,21)(H,17,20). The Morgan fingerprint density at radius 2 is 2.10 bits per heavy atom. The van der Waals surface area contributed by atoms with Crippen LogP contribution in [0.1, 0.15) is 27.3 Å². The Bertz CT molecular complexity index is 739. The topological polar surface area (TPSA) is 72.9 Å². The molecule has 110 valence electrons. The van der Waals surface area contributed by atoms with Gasteiger partial charge in [-0.25, -0.2) is 4.39 Å². The number of aryl methyl sites for hydroxylation is 2. The van der Waals surface area contributed by atoms with Gasteiger partial charge in [-0.2, -0.15) is 5.10 Å². The molecule has 0 radical (unpaired) electrons. The number of aromatic nitrogens is 2. The molecular weight excluding hydrogens is 291 g/mol. The van der Waals surface area contributed by atoms with Gasteiger partial charge in [0.05, 0.1) is 16.9 Å². The van der Waals surface area contributed by atoms with E-state index in [1.807, 2.05) is 0 Å². The lowest BCUT2D eigenvalue weighted by Gasteiger charge is -2.10. The minimum absolute atomic E-state index is 0.0180. The maximum absolute atomic E-state index is 13.3. The zero-order valence-corrected chi connectivity index (χ0v) is 12.7. The normalized spacial score (nSPS) is 10.5. The van der Waals surface area contributed by atoms with Gasteiger partial charge in [0, 0.05) is 18.3 Å². The molecule has 3 N–H and O–H groups in total. The Labute approximate surface area is 126 Å². The van der Waals surface area contributed by atoms with Gasteiger partial charge in [0.1, 0.15) is 10.8 Å². The molecule has 0 saturated carbocycles. The molecular formula is C14H15FN4OS. The van der Waals surface area contributed by atoms with Crippen molar-refractivity contribution in [3.8, 4) is 0 Å². The number of amides is 1. The molecule has 5 nitrogen and oxygen atoms in total. The zero-order valence-electron chi connectivity index (χ0n) is 11.9. The van der Waals surface area contributed by atoms with Crippen LogP contribution in [0.5, 0.6) is 0 Å². The summed E-state index contributed by atoms with van der Waals surface area (Å²) >= 11 is 4.88. The molecule has 1 amide bonds. The summed E-state index contributed by atoms with van der Waals surface area (Å²) in [5.74, 6) is -0.799. The van der Waals surface area contributed by atoms with E-state index in [0.29, 0.717) is 16.9 Å². The summed E-state index contributed by atoms with van der Waals surface area (Å²) in [6.45, 7) is 3.55. The molecule has 0 fully saturated rings. The average molecular weight is 306 g/mol. The van der Waals surface area contributed by atoms with Crippen LogP contribution in [0.2, 0.25) is 0 Å². The van der Waals surface area contributed by atoms with E-state index in [1.54, 1.807) is 25.6 Å². The smallest absolute Gasteiger partial charge is 0.259 e. The van der Waals surface area contributed by atoms with Crippen LogP contribution >= 0.6 is 12.2 Å². The third kappa shape index (κ3) is 2.92. The number of carbonyl (C=O) groups is 1. The second kappa shape index (κ2) is 5.61. The molecule has 1 aromatic heterocycles. The van der Waals surface area contributed by atoms with Crippen molar-refractivity contribution < 1.29 is 9.18 Å². The van der Waals surface area contributed by atoms with Crippen LogP contribution < -0.4 is 11.1 Å². The quantitative estimate of drug-likeness (QED) is 0.851. The first-order valence-corrected chi connectivity index (χ1v) is 6.63. The summed E-state index contributed by atoms with van der Waals surface area (Å²) in [5.41, 5.74) is 8.06. The average Bonchev–Trinajstić information content (AvgIpc) is 2.65. The van der Waals surface area contributed by atoms with Crippen molar-refractivity contribution in [2.75, 3.05) is 5.32 Å². The highest BCUT2D eigenvalue weighted by Gasteiger charge is 2.19. The van der Waals surface area contributed by atoms with E-state index in [0.717, 1.165) is 5.69 Å². The summed E-state index contributed by atoms with van der Waals surface area (Å²) in [5, 5.41) is 6.89. The van der Waals surface area contributed by atoms with Crippen molar-refractivity contribution in [1.29, 1.82) is 0 Å². The number of rotatable bonds is 3. The number of nitrogens with one attached hydrogen (secondary N) is 1. The van der Waals surface area contributed by atoms with Crippen molar-refractivity contribution in [3.63, 3.8) is 0 Å². The number of thiocarbonyl (C=S) groups is 1. The van der Waals surface area contributed by atoms with E-state index < -0.39 is 5.82 Å². The lowest BCUT2D eigenvalue weighted by molar-refractivity contribution is 0.102. The Kier molecular flexibility index (Phi) is 4.04. The highest BCUT2D eigenvalue weighted by Crippen LogP contribution is 2.20. The number of nitrogens with two attached hydrogens (primary N) is 1. The van der Waals surface area contributed by atoms with E-state index in [-0.39, 0.29) is 16.5 Å². The fraction of sp³-hybridized carbons (Fsp3) is 0.214. The molecule has 2 rings (SSSR count). The van der Waals surface area contributed by atoms with Gasteiger partial charge in [0.25, 0.3) is 5.91 Å². The third-order valence-corrected chi connectivity index (χ3v) is 3.45. The molecule has 21 heavy (non-hydrogen) atoms. The van der Waals surface area contributed by atoms with Crippen molar-refractivity contribution >= 4 is 28.8 Å². The fourth-order valence-electron chi connectivity index (χ4n) is 2.12. The van der Waals surface area contributed by atoms with Crippen LogP contribution in [0.15, 0.2) is 18.2 Å². The first kappa shape index (κ1) is 15.1. The minimum Gasteiger partial charge on any atom is -0.389 e. The number of nitrogens with zero attached hydrogens (tertiary/aromatic N) is 2. The first-order valence-electron chi connectivity index (χ1n) is 6.22. The van der Waals surface area contributed by atoms with E-state index >= 15 is 0 Å². The van der Waals surface area contributed by atoms with Gasteiger partial charge in [-0.15, -0.1) is 0 Å². The summed E-state index contributed by atoms with van der Waals surface area (Å²) in [6.07, 6.45) is 0. The number of benzene rings is 1. The number of halogens is 1. The van der Waals surface area contributed by atoms with Crippen LogP contribution in [-0.2, 0) is 7.05 Å². The van der Waals surface area contributed by atoms with Gasteiger partial charge in [-0.05, 0) is 32.0 Å². The Morgan fingerprint density at radius 1 is 1.43 bits per heavy atom. The highest BCUT2D eigenvalue weighted by atomic mass is 32.1. The Hall–Kier alpha value is -2.28. The lowest BCUT2D eigenvalue weighted by Crippen LogP contribution is -2.19. The van der Waals surface area contributed by atoms with Crippen molar-refractivity contribution in [1.82, 2.24) is 9.78 Å². The number of anilines is 1. The summed E-state index contributed by atoms with van der Waals surface area (Å²) < 4.78 is 14.9. The molecule has 0 atom stereocenters. The largest absolute Gasteiger partial charge is 0.389 e. The number of hydrogen-bond donors (Lipinski definition) is 2. The lowest BCUT2D eigenvalue weighted by atomic mass is 10.1. The van der Waals surface area contributed by atoms with Crippen LogP contribution in [0.4, 0.5) is 10.1 Å². The van der Waals surface area contributed by atoms with Crippen LogP contribution in [-0.4, -0.2) is 20.7 Å². The van der Waals surface area contributed by atoms with Crippen LogP contribution in [0.25, 0.3) is 0 Å². The maximum atomic E-state index is 13.3. The number of carbonyl (C=O) groups excluding carboxylic acids is 1. The number of hydrogen-bond acceptors (Lipinski definition) is 3. The Morgan fingerprint density at radius 3 is 2.62 bits per heavy atom. The van der Waals surface area contributed by atoms with E-state index in [9.17, 15) is 9.18 Å².